The van der Waals surface area contributed by atoms with Crippen LogP contribution in [0.4, 0.5) is 0 Å². The van der Waals surface area contributed by atoms with Gasteiger partial charge in [-0.2, -0.15) is 0 Å². The third-order valence-electron chi connectivity index (χ3n) is 7.35. The van der Waals surface area contributed by atoms with E-state index in [1.807, 2.05) is 0 Å². The standard InChI is InChI=1S/C27H52O3Si/c1-8-10-11-12-13-14-15-16-17-18-20-26(30-31(6,7)27(3,4)5)25-22-21-24(29-25)23(28)19-9-2/h2,23-26,28H,8,10-22H2,1,3-7H3/t23-,24-,25-,26-/m1/s1. The number of aliphatic hydroxyl groups excluding tert-OH is 1. The van der Waals surface area contributed by atoms with Crippen LogP contribution in [-0.2, 0) is 9.16 Å². The van der Waals surface area contributed by atoms with Crippen molar-refractivity contribution >= 4 is 8.32 Å². The zero-order valence-corrected chi connectivity index (χ0v) is 22.5. The molecule has 0 aromatic rings. The van der Waals surface area contributed by atoms with Crippen LogP contribution >= 0.6 is 0 Å². The molecule has 3 nitrogen and oxygen atoms in total. The molecule has 0 unspecified atom stereocenters. The molecule has 4 heteroatoms. The Morgan fingerprint density at radius 3 is 2.00 bits per heavy atom. The predicted molar refractivity (Wildman–Crippen MR) is 136 cm³/mol. The van der Waals surface area contributed by atoms with E-state index < -0.39 is 14.4 Å². The largest absolute Gasteiger partial charge is 0.411 e. The first-order chi connectivity index (χ1) is 14.6. The van der Waals surface area contributed by atoms with Crippen molar-refractivity contribution in [3.63, 3.8) is 0 Å². The summed E-state index contributed by atoms with van der Waals surface area (Å²) in [4.78, 5) is 0. The van der Waals surface area contributed by atoms with E-state index in [0.29, 0.717) is 6.42 Å². The summed E-state index contributed by atoms with van der Waals surface area (Å²) >= 11 is 0. The van der Waals surface area contributed by atoms with Gasteiger partial charge in [-0.3, -0.25) is 0 Å². The van der Waals surface area contributed by atoms with Gasteiger partial charge in [0.15, 0.2) is 8.32 Å². The highest BCUT2D eigenvalue weighted by molar-refractivity contribution is 6.74. The molecule has 1 saturated heterocycles. The molecule has 1 aliphatic rings. The van der Waals surface area contributed by atoms with Gasteiger partial charge >= 0.3 is 0 Å². The van der Waals surface area contributed by atoms with Crippen LogP contribution in [0.15, 0.2) is 0 Å². The minimum atomic E-state index is -1.87. The summed E-state index contributed by atoms with van der Waals surface area (Å²) in [7, 11) is -1.87. The summed E-state index contributed by atoms with van der Waals surface area (Å²) in [6.07, 6.45) is 21.7. The van der Waals surface area contributed by atoms with E-state index >= 15 is 0 Å². The van der Waals surface area contributed by atoms with Gasteiger partial charge in [0, 0.05) is 6.42 Å². The first kappa shape index (κ1) is 28.7. The van der Waals surface area contributed by atoms with Crippen LogP contribution in [0.3, 0.4) is 0 Å². The van der Waals surface area contributed by atoms with E-state index in [2.05, 4.69) is 46.7 Å². The van der Waals surface area contributed by atoms with Gasteiger partial charge in [-0.25, -0.2) is 0 Å². The highest BCUT2D eigenvalue weighted by Crippen LogP contribution is 2.40. The van der Waals surface area contributed by atoms with Crippen LogP contribution in [0.1, 0.15) is 118 Å². The number of aliphatic hydroxyl groups is 1. The molecule has 0 radical (unpaired) electrons. The van der Waals surface area contributed by atoms with E-state index in [1.165, 1.54) is 64.2 Å². The third kappa shape index (κ3) is 10.9. The Labute approximate surface area is 195 Å². The van der Waals surface area contributed by atoms with Gasteiger partial charge in [-0.1, -0.05) is 91.9 Å². The van der Waals surface area contributed by atoms with Crippen LogP contribution in [0, 0.1) is 12.3 Å². The zero-order valence-electron chi connectivity index (χ0n) is 21.5. The zero-order chi connectivity index (χ0) is 23.3. The lowest BCUT2D eigenvalue weighted by Gasteiger charge is -2.41. The molecule has 0 aromatic heterocycles. The molecular formula is C27H52O3Si. The van der Waals surface area contributed by atoms with Gasteiger partial charge < -0.3 is 14.3 Å². The number of terminal acetylenes is 1. The molecule has 0 aliphatic carbocycles. The van der Waals surface area contributed by atoms with Gasteiger partial charge in [0.05, 0.1) is 24.4 Å². The van der Waals surface area contributed by atoms with Crippen LogP contribution in [-0.4, -0.2) is 37.8 Å². The second-order valence-corrected chi connectivity index (χ2v) is 15.9. The van der Waals surface area contributed by atoms with Gasteiger partial charge in [-0.05, 0) is 37.4 Å². The molecule has 0 saturated carbocycles. The molecule has 1 N–H and O–H groups in total. The fourth-order valence-corrected chi connectivity index (χ4v) is 5.59. The van der Waals surface area contributed by atoms with Gasteiger partial charge in [0.1, 0.15) is 0 Å². The van der Waals surface area contributed by atoms with E-state index in [9.17, 15) is 5.11 Å². The Kier molecular flexibility index (Phi) is 13.6. The SMILES string of the molecule is C#CC[C@@H](O)[C@H]1CC[C@H]([C@@H](CCCCCCCCCCCC)O[Si](C)(C)C(C)(C)C)O1. The second kappa shape index (κ2) is 14.7. The van der Waals surface area contributed by atoms with Crippen molar-refractivity contribution in [2.75, 3.05) is 0 Å². The Hall–Kier alpha value is -0.343. The second-order valence-electron chi connectivity index (χ2n) is 11.2. The molecular weight excluding hydrogens is 400 g/mol. The number of rotatable bonds is 16. The molecule has 0 spiro atoms. The van der Waals surface area contributed by atoms with Crippen molar-refractivity contribution in [1.82, 2.24) is 0 Å². The van der Waals surface area contributed by atoms with Gasteiger partial charge in [-0.15, -0.1) is 12.3 Å². The highest BCUT2D eigenvalue weighted by atomic mass is 28.4. The van der Waals surface area contributed by atoms with Crippen molar-refractivity contribution in [1.29, 1.82) is 0 Å². The van der Waals surface area contributed by atoms with Crippen LogP contribution in [0.25, 0.3) is 0 Å². The summed E-state index contributed by atoms with van der Waals surface area (Å²) < 4.78 is 13.1. The lowest BCUT2D eigenvalue weighted by molar-refractivity contribution is -0.0716. The van der Waals surface area contributed by atoms with E-state index in [1.54, 1.807) is 0 Å². The first-order valence-electron chi connectivity index (χ1n) is 13.1. The minimum Gasteiger partial charge on any atom is -0.411 e. The summed E-state index contributed by atoms with van der Waals surface area (Å²) in [6.45, 7) is 13.8. The Bertz CT molecular complexity index is 506. The van der Waals surface area contributed by atoms with Crippen LogP contribution < -0.4 is 0 Å². The molecule has 0 aromatic carbocycles. The van der Waals surface area contributed by atoms with Gasteiger partial charge in [0.25, 0.3) is 0 Å². The monoisotopic (exact) mass is 452 g/mol. The predicted octanol–water partition coefficient (Wildman–Crippen LogP) is 7.62. The average Bonchev–Trinajstić information content (AvgIpc) is 3.18. The van der Waals surface area contributed by atoms with Crippen molar-refractivity contribution in [3.8, 4) is 12.3 Å². The topological polar surface area (TPSA) is 38.7 Å². The van der Waals surface area contributed by atoms with Crippen LogP contribution in [0.5, 0.6) is 0 Å². The Morgan fingerprint density at radius 2 is 1.48 bits per heavy atom. The molecule has 1 rings (SSSR count). The maximum absolute atomic E-state index is 10.3. The van der Waals surface area contributed by atoms with Crippen molar-refractivity contribution < 1.29 is 14.3 Å². The fraction of sp³-hybridized carbons (Fsp3) is 0.926. The van der Waals surface area contributed by atoms with Crippen LogP contribution in [0.2, 0.25) is 18.1 Å². The maximum atomic E-state index is 10.3. The van der Waals surface area contributed by atoms with Crippen molar-refractivity contribution in [2.45, 2.75) is 160 Å². The number of hydrogen-bond acceptors (Lipinski definition) is 3. The lowest BCUT2D eigenvalue weighted by Crippen LogP contribution is -2.47. The number of ether oxygens (including phenoxy) is 1. The summed E-state index contributed by atoms with van der Waals surface area (Å²) in [5.74, 6) is 2.56. The summed E-state index contributed by atoms with van der Waals surface area (Å²) in [5, 5.41) is 10.5. The van der Waals surface area contributed by atoms with Crippen molar-refractivity contribution in [3.05, 3.63) is 0 Å². The molecule has 0 bridgehead atoms. The Morgan fingerprint density at radius 1 is 0.968 bits per heavy atom. The highest BCUT2D eigenvalue weighted by Gasteiger charge is 2.43. The smallest absolute Gasteiger partial charge is 0.192 e. The van der Waals surface area contributed by atoms with E-state index in [0.717, 1.165) is 19.3 Å². The third-order valence-corrected chi connectivity index (χ3v) is 11.9. The summed E-state index contributed by atoms with van der Waals surface area (Å²) in [5.41, 5.74) is 0. The normalized spacial score (nSPS) is 21.7. The van der Waals surface area contributed by atoms with E-state index in [4.69, 9.17) is 15.6 Å². The average molecular weight is 453 g/mol. The first-order valence-corrected chi connectivity index (χ1v) is 16.0. The molecule has 1 fully saturated rings. The molecule has 4 atom stereocenters. The number of hydrogen-bond donors (Lipinski definition) is 1. The lowest BCUT2D eigenvalue weighted by atomic mass is 10.0. The Balaban J connectivity index is 2.49. The molecule has 1 aliphatic heterocycles. The van der Waals surface area contributed by atoms with Crippen molar-refractivity contribution in [2.24, 2.45) is 0 Å². The van der Waals surface area contributed by atoms with Gasteiger partial charge in [0.2, 0.25) is 0 Å². The summed E-state index contributed by atoms with van der Waals surface area (Å²) in [6, 6.07) is 0. The molecule has 1 heterocycles. The maximum Gasteiger partial charge on any atom is 0.192 e. The number of unbranched alkanes of at least 4 members (excludes halogenated alkanes) is 9. The molecule has 182 valence electrons. The minimum absolute atomic E-state index is 0.0881. The van der Waals surface area contributed by atoms with E-state index in [-0.39, 0.29) is 23.4 Å². The molecule has 0 amide bonds. The fourth-order valence-electron chi connectivity index (χ4n) is 4.21. The quantitative estimate of drug-likeness (QED) is 0.149. The molecule has 31 heavy (non-hydrogen) atoms.